The van der Waals surface area contributed by atoms with Crippen molar-refractivity contribution in [2.24, 2.45) is 0 Å². The summed E-state index contributed by atoms with van der Waals surface area (Å²) in [6.45, 7) is 1.38. The Balaban J connectivity index is 2.48. The number of aliphatic hydroxyl groups is 1. The van der Waals surface area contributed by atoms with Crippen LogP contribution in [0.2, 0.25) is 0 Å². The number of likely N-dealkylation sites (N-methyl/N-ethyl adjacent to an activating group) is 1. The van der Waals surface area contributed by atoms with E-state index in [1.54, 1.807) is 11.9 Å². The Morgan fingerprint density at radius 1 is 1.82 bits per heavy atom. The summed E-state index contributed by atoms with van der Waals surface area (Å²) in [5.41, 5.74) is 0. The second-order valence-electron chi connectivity index (χ2n) is 2.86. The Morgan fingerprint density at radius 3 is 3.18 bits per heavy atom. The minimum atomic E-state index is 0.0476. The lowest BCUT2D eigenvalue weighted by Crippen LogP contribution is -2.39. The van der Waals surface area contributed by atoms with Crippen molar-refractivity contribution in [3.63, 3.8) is 0 Å². The first kappa shape index (κ1) is 8.49. The molecule has 0 aliphatic carbocycles. The molecule has 0 aromatic heterocycles. The molecule has 1 fully saturated rings. The normalized spacial score (nSPS) is 26.9. The molecule has 1 aliphatic rings. The molecule has 0 saturated carbocycles. The predicted molar refractivity (Wildman–Crippen MR) is 41.1 cm³/mol. The monoisotopic (exact) mass is 158 g/mol. The van der Waals surface area contributed by atoms with Gasteiger partial charge in [0, 0.05) is 32.6 Å². The molecule has 1 saturated heterocycles. The van der Waals surface area contributed by atoms with Crippen molar-refractivity contribution >= 4 is 5.91 Å². The van der Waals surface area contributed by atoms with Crippen LogP contribution in [0.4, 0.5) is 0 Å². The Bertz CT molecular complexity index is 149. The summed E-state index contributed by atoms with van der Waals surface area (Å²) in [7, 11) is 1.76. The van der Waals surface area contributed by atoms with E-state index in [1.165, 1.54) is 0 Å². The summed E-state index contributed by atoms with van der Waals surface area (Å²) in [6.07, 6.45) is 0.535. The average molecular weight is 158 g/mol. The van der Waals surface area contributed by atoms with Crippen LogP contribution in [0.25, 0.3) is 0 Å². The minimum Gasteiger partial charge on any atom is -0.395 e. The van der Waals surface area contributed by atoms with Crippen LogP contribution in [-0.2, 0) is 4.79 Å². The highest BCUT2D eigenvalue weighted by molar-refractivity contribution is 5.76. The van der Waals surface area contributed by atoms with Crippen molar-refractivity contribution in [3.05, 3.63) is 0 Å². The standard InChI is InChI=1S/C7H14N2O2/c1-9-4-6(5-10)8-3-2-7(9)11/h6,8,10H,2-5H2,1H3/t6-/m0/s1. The first-order chi connectivity index (χ1) is 5.24. The van der Waals surface area contributed by atoms with E-state index in [2.05, 4.69) is 5.32 Å². The first-order valence-corrected chi connectivity index (χ1v) is 3.82. The average Bonchev–Trinajstić information content (AvgIpc) is 2.15. The van der Waals surface area contributed by atoms with Crippen LogP contribution >= 0.6 is 0 Å². The molecule has 4 heteroatoms. The van der Waals surface area contributed by atoms with Gasteiger partial charge < -0.3 is 15.3 Å². The Labute approximate surface area is 66.2 Å². The molecule has 1 aliphatic heterocycles. The van der Waals surface area contributed by atoms with Gasteiger partial charge in [-0.2, -0.15) is 0 Å². The maximum Gasteiger partial charge on any atom is 0.223 e. The second-order valence-corrected chi connectivity index (χ2v) is 2.86. The van der Waals surface area contributed by atoms with E-state index in [9.17, 15) is 4.79 Å². The van der Waals surface area contributed by atoms with Gasteiger partial charge in [0.25, 0.3) is 0 Å². The fraction of sp³-hybridized carbons (Fsp3) is 0.857. The fourth-order valence-electron chi connectivity index (χ4n) is 1.19. The van der Waals surface area contributed by atoms with Crippen LogP contribution in [0.1, 0.15) is 6.42 Å². The molecular formula is C7H14N2O2. The van der Waals surface area contributed by atoms with Crippen molar-refractivity contribution in [1.29, 1.82) is 0 Å². The molecule has 0 aromatic carbocycles. The zero-order valence-corrected chi connectivity index (χ0v) is 6.71. The summed E-state index contributed by atoms with van der Waals surface area (Å²) >= 11 is 0. The Kier molecular flexibility index (Phi) is 2.84. The molecule has 11 heavy (non-hydrogen) atoms. The molecule has 0 radical (unpaired) electrons. The maximum atomic E-state index is 11.1. The summed E-state index contributed by atoms with van der Waals surface area (Å²) in [4.78, 5) is 12.7. The van der Waals surface area contributed by atoms with Gasteiger partial charge in [0.2, 0.25) is 5.91 Å². The van der Waals surface area contributed by atoms with Crippen molar-refractivity contribution in [2.75, 3.05) is 26.7 Å². The fourth-order valence-corrected chi connectivity index (χ4v) is 1.19. The molecule has 1 rings (SSSR count). The SMILES string of the molecule is CN1C[C@@H](CO)NCCC1=O. The number of hydrogen-bond donors (Lipinski definition) is 2. The number of hydrogen-bond acceptors (Lipinski definition) is 3. The van der Waals surface area contributed by atoms with E-state index in [0.717, 1.165) is 0 Å². The van der Waals surface area contributed by atoms with Crippen LogP contribution < -0.4 is 5.32 Å². The second kappa shape index (κ2) is 3.69. The highest BCUT2D eigenvalue weighted by atomic mass is 16.3. The highest BCUT2D eigenvalue weighted by Gasteiger charge is 2.18. The van der Waals surface area contributed by atoms with Gasteiger partial charge >= 0.3 is 0 Å². The van der Waals surface area contributed by atoms with E-state index in [4.69, 9.17) is 5.11 Å². The number of carbonyl (C=O) groups is 1. The molecule has 4 nitrogen and oxygen atoms in total. The highest BCUT2D eigenvalue weighted by Crippen LogP contribution is 1.98. The number of amides is 1. The largest absolute Gasteiger partial charge is 0.395 e. The number of nitrogens with zero attached hydrogens (tertiary/aromatic N) is 1. The lowest BCUT2D eigenvalue weighted by atomic mass is 10.3. The molecule has 1 atom stereocenters. The third-order valence-corrected chi connectivity index (χ3v) is 1.91. The predicted octanol–water partition coefficient (Wildman–Crippen LogP) is -1.20. The molecule has 0 bridgehead atoms. The van der Waals surface area contributed by atoms with Gasteiger partial charge in [0.05, 0.1) is 6.61 Å². The van der Waals surface area contributed by atoms with E-state index in [1.807, 2.05) is 0 Å². The number of carbonyl (C=O) groups excluding carboxylic acids is 1. The van der Waals surface area contributed by atoms with Gasteiger partial charge in [0.1, 0.15) is 0 Å². The van der Waals surface area contributed by atoms with E-state index >= 15 is 0 Å². The zero-order valence-electron chi connectivity index (χ0n) is 6.71. The molecule has 1 amide bonds. The molecular weight excluding hydrogens is 144 g/mol. The van der Waals surface area contributed by atoms with E-state index in [-0.39, 0.29) is 18.6 Å². The maximum absolute atomic E-state index is 11.1. The van der Waals surface area contributed by atoms with Crippen LogP contribution in [0.5, 0.6) is 0 Å². The third kappa shape index (κ3) is 2.17. The van der Waals surface area contributed by atoms with E-state index < -0.39 is 0 Å². The third-order valence-electron chi connectivity index (χ3n) is 1.91. The lowest BCUT2D eigenvalue weighted by Gasteiger charge is -2.18. The molecule has 1 heterocycles. The lowest BCUT2D eigenvalue weighted by molar-refractivity contribution is -0.129. The first-order valence-electron chi connectivity index (χ1n) is 3.82. The number of aliphatic hydroxyl groups excluding tert-OH is 1. The van der Waals surface area contributed by atoms with Gasteiger partial charge in [-0.15, -0.1) is 0 Å². The van der Waals surface area contributed by atoms with Gasteiger partial charge in [-0.25, -0.2) is 0 Å². The number of rotatable bonds is 1. The topological polar surface area (TPSA) is 52.6 Å². The van der Waals surface area contributed by atoms with Gasteiger partial charge in [0.15, 0.2) is 0 Å². The van der Waals surface area contributed by atoms with Crippen LogP contribution in [0.3, 0.4) is 0 Å². The molecule has 64 valence electrons. The zero-order chi connectivity index (χ0) is 8.27. The van der Waals surface area contributed by atoms with Crippen molar-refractivity contribution in [3.8, 4) is 0 Å². The molecule has 2 N–H and O–H groups in total. The molecule has 0 unspecified atom stereocenters. The van der Waals surface area contributed by atoms with Gasteiger partial charge in [-0.3, -0.25) is 4.79 Å². The summed E-state index contributed by atoms with van der Waals surface area (Å²) < 4.78 is 0. The van der Waals surface area contributed by atoms with Crippen molar-refractivity contribution in [1.82, 2.24) is 10.2 Å². The molecule has 0 aromatic rings. The van der Waals surface area contributed by atoms with Crippen LogP contribution in [0, 0.1) is 0 Å². The smallest absolute Gasteiger partial charge is 0.223 e. The summed E-state index contributed by atoms with van der Waals surface area (Å²) in [6, 6.07) is 0.0476. The Morgan fingerprint density at radius 2 is 2.55 bits per heavy atom. The summed E-state index contributed by atoms with van der Waals surface area (Å²) in [5, 5.41) is 11.9. The minimum absolute atomic E-state index is 0.0476. The summed E-state index contributed by atoms with van der Waals surface area (Å²) in [5.74, 6) is 0.147. The van der Waals surface area contributed by atoms with E-state index in [0.29, 0.717) is 19.5 Å². The number of nitrogens with one attached hydrogen (secondary N) is 1. The quantitative estimate of drug-likeness (QED) is 0.504. The molecule has 0 spiro atoms. The Hall–Kier alpha value is -0.610. The van der Waals surface area contributed by atoms with Gasteiger partial charge in [-0.1, -0.05) is 0 Å². The van der Waals surface area contributed by atoms with Crippen molar-refractivity contribution < 1.29 is 9.90 Å². The van der Waals surface area contributed by atoms with Gasteiger partial charge in [-0.05, 0) is 0 Å². The van der Waals surface area contributed by atoms with Crippen molar-refractivity contribution in [2.45, 2.75) is 12.5 Å². The van der Waals surface area contributed by atoms with Crippen LogP contribution in [0.15, 0.2) is 0 Å². The van der Waals surface area contributed by atoms with Crippen LogP contribution in [-0.4, -0.2) is 48.7 Å².